The molecule has 0 unspecified atom stereocenters. The molecule has 2 aliphatic heterocycles. The van der Waals surface area contributed by atoms with Gasteiger partial charge in [0, 0.05) is 34.7 Å². The second-order valence-electron chi connectivity index (χ2n) is 9.18. The molecule has 7 rings (SSSR count). The molecule has 0 atom stereocenters. The van der Waals surface area contributed by atoms with Gasteiger partial charge >= 0.3 is 0 Å². The van der Waals surface area contributed by atoms with E-state index >= 15 is 0 Å². The molecule has 4 aromatic rings. The zero-order valence-corrected chi connectivity index (χ0v) is 20.2. The van der Waals surface area contributed by atoms with E-state index in [4.69, 9.17) is 23.9 Å². The third kappa shape index (κ3) is 3.32. The van der Waals surface area contributed by atoms with E-state index in [2.05, 4.69) is 39.0 Å². The number of fused-ring (bicyclic) bond motifs is 7. The third-order valence-corrected chi connectivity index (χ3v) is 7.21. The SMILES string of the molecule is Cc1c(C=O)ccc2c1OCO2.Cc1cc2cnc3c(c2cc1C)Cc1c-3cc2c(c1C)OCO2. The van der Waals surface area contributed by atoms with Crippen molar-refractivity contribution >= 4 is 17.1 Å². The van der Waals surface area contributed by atoms with E-state index in [1.54, 1.807) is 12.1 Å². The second kappa shape index (κ2) is 8.01. The Labute approximate surface area is 203 Å². The lowest BCUT2D eigenvalue weighted by atomic mass is 9.99. The Bertz CT molecular complexity index is 1540. The molecule has 1 aromatic heterocycles. The molecule has 1 aliphatic carbocycles. The number of nitrogens with zero attached hydrogens (tertiary/aromatic N) is 1. The number of rotatable bonds is 1. The van der Waals surface area contributed by atoms with E-state index in [-0.39, 0.29) is 6.79 Å². The minimum absolute atomic E-state index is 0.248. The van der Waals surface area contributed by atoms with E-state index in [0.29, 0.717) is 18.1 Å². The summed E-state index contributed by atoms with van der Waals surface area (Å²) in [5.74, 6) is 3.15. The summed E-state index contributed by atoms with van der Waals surface area (Å²) in [5, 5.41) is 2.54. The van der Waals surface area contributed by atoms with E-state index in [1.165, 1.54) is 44.2 Å². The maximum absolute atomic E-state index is 10.5. The van der Waals surface area contributed by atoms with Crippen molar-refractivity contribution in [3.05, 3.63) is 75.5 Å². The van der Waals surface area contributed by atoms with Gasteiger partial charge < -0.3 is 18.9 Å². The van der Waals surface area contributed by atoms with Crippen LogP contribution in [0.5, 0.6) is 23.0 Å². The van der Waals surface area contributed by atoms with E-state index in [9.17, 15) is 4.79 Å². The molecule has 0 saturated carbocycles. The number of aldehydes is 1. The lowest BCUT2D eigenvalue weighted by Crippen LogP contribution is -1.94. The van der Waals surface area contributed by atoms with Gasteiger partial charge in [-0.2, -0.15) is 0 Å². The molecule has 3 aliphatic rings. The molecular weight excluding hydrogens is 442 g/mol. The fraction of sp³-hybridized carbons (Fsp3) is 0.241. The summed E-state index contributed by atoms with van der Waals surface area (Å²) in [6, 6.07) is 10.1. The Morgan fingerprint density at radius 3 is 2.29 bits per heavy atom. The number of aryl methyl sites for hydroxylation is 2. The molecule has 3 aromatic carbocycles. The predicted octanol–water partition coefficient (Wildman–Crippen LogP) is 6.00. The van der Waals surface area contributed by atoms with Crippen LogP contribution in [-0.4, -0.2) is 24.9 Å². The van der Waals surface area contributed by atoms with Gasteiger partial charge in [-0.05, 0) is 85.2 Å². The van der Waals surface area contributed by atoms with Crippen LogP contribution in [0.3, 0.4) is 0 Å². The fourth-order valence-electron chi connectivity index (χ4n) is 5.07. The topological polar surface area (TPSA) is 66.9 Å². The average molecular weight is 468 g/mol. The summed E-state index contributed by atoms with van der Waals surface area (Å²) in [6.07, 6.45) is 3.73. The zero-order chi connectivity index (χ0) is 24.3. The highest BCUT2D eigenvalue weighted by molar-refractivity contribution is 5.94. The summed E-state index contributed by atoms with van der Waals surface area (Å²) in [6.45, 7) is 8.85. The molecule has 0 fully saturated rings. The lowest BCUT2D eigenvalue weighted by molar-refractivity contribution is 0.112. The summed E-state index contributed by atoms with van der Waals surface area (Å²) < 4.78 is 21.6. The molecule has 176 valence electrons. The average Bonchev–Trinajstić information content (AvgIpc) is 3.60. The normalized spacial score (nSPS) is 13.8. The maximum atomic E-state index is 10.5. The zero-order valence-electron chi connectivity index (χ0n) is 20.2. The van der Waals surface area contributed by atoms with Crippen molar-refractivity contribution < 1.29 is 23.7 Å². The molecule has 0 spiro atoms. The fourth-order valence-corrected chi connectivity index (χ4v) is 5.07. The van der Waals surface area contributed by atoms with Gasteiger partial charge in [0.25, 0.3) is 0 Å². The highest BCUT2D eigenvalue weighted by Crippen LogP contribution is 2.48. The van der Waals surface area contributed by atoms with Crippen molar-refractivity contribution in [1.29, 1.82) is 0 Å². The first-order valence-corrected chi connectivity index (χ1v) is 11.6. The van der Waals surface area contributed by atoms with Crippen LogP contribution in [0.4, 0.5) is 0 Å². The number of benzene rings is 3. The molecule has 6 nitrogen and oxygen atoms in total. The Morgan fingerprint density at radius 1 is 0.800 bits per heavy atom. The van der Waals surface area contributed by atoms with Crippen molar-refractivity contribution in [1.82, 2.24) is 4.98 Å². The highest BCUT2D eigenvalue weighted by atomic mass is 16.7. The van der Waals surface area contributed by atoms with Gasteiger partial charge in [0.1, 0.15) is 6.29 Å². The number of carbonyl (C=O) groups is 1. The third-order valence-electron chi connectivity index (χ3n) is 7.21. The van der Waals surface area contributed by atoms with E-state index < -0.39 is 0 Å². The largest absolute Gasteiger partial charge is 0.454 e. The first-order chi connectivity index (χ1) is 17.0. The van der Waals surface area contributed by atoms with Crippen LogP contribution in [-0.2, 0) is 6.42 Å². The number of carbonyl (C=O) groups excluding carboxylic acids is 1. The Kier molecular flexibility index (Phi) is 4.92. The van der Waals surface area contributed by atoms with Crippen molar-refractivity contribution in [3.63, 3.8) is 0 Å². The summed E-state index contributed by atoms with van der Waals surface area (Å²) >= 11 is 0. The summed E-state index contributed by atoms with van der Waals surface area (Å²) in [4.78, 5) is 15.3. The van der Waals surface area contributed by atoms with Crippen molar-refractivity contribution in [3.8, 4) is 34.3 Å². The molecule has 0 bridgehead atoms. The lowest BCUT2D eigenvalue weighted by Gasteiger charge is -2.08. The number of pyridine rings is 1. The molecule has 0 radical (unpaired) electrons. The Hall–Kier alpha value is -4.06. The number of aromatic nitrogens is 1. The van der Waals surface area contributed by atoms with Crippen LogP contribution in [0.15, 0.2) is 36.5 Å². The monoisotopic (exact) mass is 467 g/mol. The standard InChI is InChI=1S/C20H17NO2.C9H8O3/c1-10-4-13-8-21-19-16(15(13)5-11(10)2)6-14-12(3)20-18(7-17(14)19)22-9-23-20;1-6-7(4-10)2-3-8-9(6)12-5-11-8/h4-5,7-8H,6,9H2,1-3H3;2-4H,5H2,1H3. The van der Waals surface area contributed by atoms with Gasteiger partial charge in [-0.3, -0.25) is 9.78 Å². The minimum atomic E-state index is 0.248. The van der Waals surface area contributed by atoms with Gasteiger partial charge in [0.2, 0.25) is 13.6 Å². The number of hydrogen-bond acceptors (Lipinski definition) is 6. The first kappa shape index (κ1) is 21.5. The van der Waals surface area contributed by atoms with Crippen molar-refractivity contribution in [2.24, 2.45) is 0 Å². The van der Waals surface area contributed by atoms with Gasteiger partial charge in [0.15, 0.2) is 23.0 Å². The van der Waals surface area contributed by atoms with Crippen LogP contribution in [0, 0.1) is 27.7 Å². The molecule has 0 amide bonds. The molecule has 35 heavy (non-hydrogen) atoms. The molecule has 3 heterocycles. The Balaban J connectivity index is 0.000000161. The molecular formula is C29H25NO5. The van der Waals surface area contributed by atoms with E-state index in [0.717, 1.165) is 41.2 Å². The van der Waals surface area contributed by atoms with Crippen LogP contribution < -0.4 is 18.9 Å². The minimum Gasteiger partial charge on any atom is -0.454 e. The van der Waals surface area contributed by atoms with Crippen molar-refractivity contribution in [2.45, 2.75) is 34.1 Å². The van der Waals surface area contributed by atoms with E-state index in [1.807, 2.05) is 13.1 Å². The number of ether oxygens (including phenoxy) is 4. The summed E-state index contributed by atoms with van der Waals surface area (Å²) in [5.41, 5.74) is 10.3. The van der Waals surface area contributed by atoms with Crippen molar-refractivity contribution in [2.75, 3.05) is 13.6 Å². The summed E-state index contributed by atoms with van der Waals surface area (Å²) in [7, 11) is 0. The predicted molar refractivity (Wildman–Crippen MR) is 133 cm³/mol. The highest BCUT2D eigenvalue weighted by Gasteiger charge is 2.29. The van der Waals surface area contributed by atoms with Crippen LogP contribution in [0.1, 0.15) is 43.7 Å². The van der Waals surface area contributed by atoms with Crippen LogP contribution in [0.25, 0.3) is 22.0 Å². The molecule has 0 N–H and O–H groups in total. The molecule has 0 saturated heterocycles. The van der Waals surface area contributed by atoms with Crippen LogP contribution >= 0.6 is 0 Å². The quantitative estimate of drug-likeness (QED) is 0.282. The van der Waals surface area contributed by atoms with Gasteiger partial charge in [0.05, 0.1) is 5.69 Å². The van der Waals surface area contributed by atoms with Crippen LogP contribution in [0.2, 0.25) is 0 Å². The smallest absolute Gasteiger partial charge is 0.231 e. The Morgan fingerprint density at radius 2 is 1.51 bits per heavy atom. The van der Waals surface area contributed by atoms with Gasteiger partial charge in [-0.25, -0.2) is 0 Å². The first-order valence-electron chi connectivity index (χ1n) is 11.6. The second-order valence-corrected chi connectivity index (χ2v) is 9.18. The number of hydrogen-bond donors (Lipinski definition) is 0. The maximum Gasteiger partial charge on any atom is 0.231 e. The molecule has 6 heteroatoms. The van der Waals surface area contributed by atoms with Gasteiger partial charge in [-0.15, -0.1) is 0 Å². The van der Waals surface area contributed by atoms with Gasteiger partial charge in [-0.1, -0.05) is 6.07 Å².